The van der Waals surface area contributed by atoms with Gasteiger partial charge in [-0.25, -0.2) is 8.42 Å². The van der Waals surface area contributed by atoms with Crippen molar-refractivity contribution in [3.8, 4) is 0 Å². The van der Waals surface area contributed by atoms with Gasteiger partial charge in [-0.3, -0.25) is 4.79 Å². The van der Waals surface area contributed by atoms with E-state index in [1.54, 1.807) is 0 Å². The molecule has 28 heavy (non-hydrogen) atoms. The van der Waals surface area contributed by atoms with Crippen LogP contribution in [0.2, 0.25) is 5.02 Å². The van der Waals surface area contributed by atoms with Crippen molar-refractivity contribution >= 4 is 27.3 Å². The third kappa shape index (κ3) is 5.82. The molecule has 1 N–H and O–H groups in total. The molecular formula is C22H28ClNO3S. The van der Waals surface area contributed by atoms with E-state index >= 15 is 0 Å². The zero-order valence-electron chi connectivity index (χ0n) is 17.0. The summed E-state index contributed by atoms with van der Waals surface area (Å²) in [5.74, 6) is 0.341. The number of amides is 1. The monoisotopic (exact) mass is 421 g/mol. The molecule has 2 rings (SSSR count). The van der Waals surface area contributed by atoms with Crippen LogP contribution in [0, 0.1) is 11.8 Å². The summed E-state index contributed by atoms with van der Waals surface area (Å²) in [5, 5.41) is 3.23. The molecule has 1 atom stereocenters. The van der Waals surface area contributed by atoms with Crippen molar-refractivity contribution in [2.75, 3.05) is 6.26 Å². The number of halogens is 1. The molecule has 0 aromatic heterocycles. The van der Waals surface area contributed by atoms with E-state index < -0.39 is 9.84 Å². The maximum absolute atomic E-state index is 12.9. The predicted octanol–water partition coefficient (Wildman–Crippen LogP) is 5.07. The smallest absolute Gasteiger partial charge is 0.253 e. The number of rotatable bonds is 7. The van der Waals surface area contributed by atoms with Crippen LogP contribution in [-0.4, -0.2) is 20.6 Å². The first kappa shape index (κ1) is 22.4. The number of carbonyl (C=O) groups is 1. The Labute approximate surface area is 173 Å². The van der Waals surface area contributed by atoms with Gasteiger partial charge in [-0.15, -0.1) is 0 Å². The lowest BCUT2D eigenvalue weighted by molar-refractivity contribution is 0.0925. The summed E-state index contributed by atoms with van der Waals surface area (Å²) >= 11 is 6.16. The highest BCUT2D eigenvalue weighted by atomic mass is 35.5. The first-order valence-electron chi connectivity index (χ1n) is 9.38. The van der Waals surface area contributed by atoms with Crippen LogP contribution in [0.1, 0.15) is 55.2 Å². The largest absolute Gasteiger partial charge is 0.345 e. The van der Waals surface area contributed by atoms with E-state index in [1.165, 1.54) is 23.8 Å². The van der Waals surface area contributed by atoms with Gasteiger partial charge in [-0.1, -0.05) is 63.6 Å². The van der Waals surface area contributed by atoms with Crippen LogP contribution in [0.5, 0.6) is 0 Å². The van der Waals surface area contributed by atoms with Crippen molar-refractivity contribution in [3.05, 3.63) is 64.2 Å². The number of sulfone groups is 1. The highest BCUT2D eigenvalue weighted by Crippen LogP contribution is 2.26. The standard InChI is InChI=1S/C22H28ClNO3S/c1-14(2)12-16-6-8-17(9-7-16)21(15(3)4)24-22(25)19-13-18(28(5,26)27)10-11-20(19)23/h6-11,13-15,21H,12H2,1-5H3,(H,24,25). The van der Waals surface area contributed by atoms with Crippen LogP contribution in [0.4, 0.5) is 0 Å². The Hall–Kier alpha value is -1.85. The van der Waals surface area contributed by atoms with E-state index in [1.807, 2.05) is 26.0 Å². The molecule has 2 aromatic carbocycles. The van der Waals surface area contributed by atoms with Gasteiger partial charge in [0.25, 0.3) is 5.91 Å². The van der Waals surface area contributed by atoms with Crippen LogP contribution in [0.25, 0.3) is 0 Å². The zero-order chi connectivity index (χ0) is 21.1. The van der Waals surface area contributed by atoms with Gasteiger partial charge in [-0.2, -0.15) is 0 Å². The maximum Gasteiger partial charge on any atom is 0.253 e. The fourth-order valence-corrected chi connectivity index (χ4v) is 3.95. The molecule has 0 spiro atoms. The van der Waals surface area contributed by atoms with Crippen molar-refractivity contribution in [2.24, 2.45) is 11.8 Å². The number of carbonyl (C=O) groups excluding carboxylic acids is 1. The van der Waals surface area contributed by atoms with E-state index in [0.717, 1.165) is 18.2 Å². The van der Waals surface area contributed by atoms with Crippen LogP contribution < -0.4 is 5.32 Å². The van der Waals surface area contributed by atoms with Crippen LogP contribution in [0.3, 0.4) is 0 Å². The van der Waals surface area contributed by atoms with Crippen LogP contribution in [0.15, 0.2) is 47.4 Å². The number of hydrogen-bond acceptors (Lipinski definition) is 3. The summed E-state index contributed by atoms with van der Waals surface area (Å²) in [5.41, 5.74) is 2.43. The second-order valence-corrected chi connectivity index (χ2v) is 10.4. The summed E-state index contributed by atoms with van der Waals surface area (Å²) in [4.78, 5) is 12.9. The minimum absolute atomic E-state index is 0.0705. The SMILES string of the molecule is CC(C)Cc1ccc(C(NC(=O)c2cc(S(C)(=O)=O)ccc2Cl)C(C)C)cc1. The Morgan fingerprint density at radius 2 is 1.64 bits per heavy atom. The van der Waals surface area contributed by atoms with Crippen molar-refractivity contribution < 1.29 is 13.2 Å². The Balaban J connectivity index is 2.29. The molecule has 1 unspecified atom stereocenters. The van der Waals surface area contributed by atoms with Gasteiger partial charge in [0.05, 0.1) is 21.5 Å². The fourth-order valence-electron chi connectivity index (χ4n) is 3.10. The molecule has 0 aliphatic heterocycles. The van der Waals surface area contributed by atoms with Gasteiger partial charge < -0.3 is 5.32 Å². The molecule has 1 amide bonds. The third-order valence-corrected chi connectivity index (χ3v) is 5.99. The summed E-state index contributed by atoms with van der Waals surface area (Å²) in [6.45, 7) is 8.42. The number of hydrogen-bond donors (Lipinski definition) is 1. The molecule has 2 aromatic rings. The minimum atomic E-state index is -3.43. The zero-order valence-corrected chi connectivity index (χ0v) is 18.6. The van der Waals surface area contributed by atoms with Crippen molar-refractivity contribution in [1.29, 1.82) is 0 Å². The Morgan fingerprint density at radius 3 is 2.14 bits per heavy atom. The molecule has 0 aliphatic carbocycles. The van der Waals surface area contributed by atoms with E-state index in [-0.39, 0.29) is 33.3 Å². The average molecular weight is 422 g/mol. The molecule has 0 saturated heterocycles. The molecule has 152 valence electrons. The van der Waals surface area contributed by atoms with E-state index in [9.17, 15) is 13.2 Å². The molecule has 0 aliphatic rings. The summed E-state index contributed by atoms with van der Waals surface area (Å²) < 4.78 is 23.6. The van der Waals surface area contributed by atoms with Gasteiger partial charge in [-0.05, 0) is 47.6 Å². The van der Waals surface area contributed by atoms with E-state index in [4.69, 9.17) is 11.6 Å². The molecule has 0 saturated carbocycles. The maximum atomic E-state index is 12.9. The van der Waals surface area contributed by atoms with Gasteiger partial charge in [0.1, 0.15) is 0 Å². The predicted molar refractivity (Wildman–Crippen MR) is 115 cm³/mol. The normalized spacial score (nSPS) is 13.0. The third-order valence-electron chi connectivity index (χ3n) is 4.55. The molecule has 4 nitrogen and oxygen atoms in total. The number of benzene rings is 2. The Kier molecular flexibility index (Phi) is 7.29. The fraction of sp³-hybridized carbons (Fsp3) is 0.409. The molecule has 0 radical (unpaired) electrons. The minimum Gasteiger partial charge on any atom is -0.345 e. The lowest BCUT2D eigenvalue weighted by Crippen LogP contribution is -2.32. The summed E-state index contributed by atoms with van der Waals surface area (Å²) in [7, 11) is -3.43. The Bertz CT molecular complexity index is 935. The highest BCUT2D eigenvalue weighted by molar-refractivity contribution is 7.90. The highest BCUT2D eigenvalue weighted by Gasteiger charge is 2.22. The first-order valence-corrected chi connectivity index (χ1v) is 11.6. The lowest BCUT2D eigenvalue weighted by atomic mass is 9.93. The van der Waals surface area contributed by atoms with Gasteiger partial charge >= 0.3 is 0 Å². The van der Waals surface area contributed by atoms with E-state index in [0.29, 0.717) is 5.92 Å². The van der Waals surface area contributed by atoms with Crippen molar-refractivity contribution in [2.45, 2.75) is 45.1 Å². The second-order valence-electron chi connectivity index (χ2n) is 7.95. The van der Waals surface area contributed by atoms with Crippen molar-refractivity contribution in [1.82, 2.24) is 5.32 Å². The summed E-state index contributed by atoms with van der Waals surface area (Å²) in [6.07, 6.45) is 2.11. The molecule has 0 heterocycles. The lowest BCUT2D eigenvalue weighted by Gasteiger charge is -2.24. The number of nitrogens with one attached hydrogen (secondary N) is 1. The summed E-state index contributed by atoms with van der Waals surface area (Å²) in [6, 6.07) is 12.2. The first-order chi connectivity index (χ1) is 13.0. The molecular weight excluding hydrogens is 394 g/mol. The van der Waals surface area contributed by atoms with E-state index in [2.05, 4.69) is 31.3 Å². The van der Waals surface area contributed by atoms with Gasteiger partial charge in [0.15, 0.2) is 9.84 Å². The second kappa shape index (κ2) is 9.10. The average Bonchev–Trinajstić information content (AvgIpc) is 2.59. The topological polar surface area (TPSA) is 63.2 Å². The molecule has 0 fully saturated rings. The van der Waals surface area contributed by atoms with Gasteiger partial charge in [0.2, 0.25) is 0 Å². The van der Waals surface area contributed by atoms with Crippen LogP contribution in [-0.2, 0) is 16.3 Å². The van der Waals surface area contributed by atoms with Gasteiger partial charge in [0, 0.05) is 6.26 Å². The van der Waals surface area contributed by atoms with Crippen molar-refractivity contribution in [3.63, 3.8) is 0 Å². The Morgan fingerprint density at radius 1 is 1.04 bits per heavy atom. The van der Waals surface area contributed by atoms with Crippen LogP contribution >= 0.6 is 11.6 Å². The molecule has 0 bridgehead atoms. The molecule has 6 heteroatoms. The quantitative estimate of drug-likeness (QED) is 0.678.